The van der Waals surface area contributed by atoms with Gasteiger partial charge in [-0.15, -0.1) is 10.2 Å². The average Bonchev–Trinajstić information content (AvgIpc) is 3.20. The van der Waals surface area contributed by atoms with Crippen molar-refractivity contribution in [2.75, 3.05) is 18.0 Å². The molecule has 0 radical (unpaired) electrons. The minimum Gasteiger partial charge on any atom is -0.418 e. The summed E-state index contributed by atoms with van der Waals surface area (Å²) in [6, 6.07) is 7.86. The van der Waals surface area contributed by atoms with Crippen LogP contribution in [-0.2, 0) is 4.79 Å². The van der Waals surface area contributed by atoms with Gasteiger partial charge >= 0.3 is 12.1 Å². The third-order valence-electron chi connectivity index (χ3n) is 4.08. The maximum atomic E-state index is 12.7. The van der Waals surface area contributed by atoms with Gasteiger partial charge in [0.05, 0.1) is 11.3 Å². The Balaban J connectivity index is 1.99. The third-order valence-corrected chi connectivity index (χ3v) is 4.08. The molecule has 2 heterocycles. The van der Waals surface area contributed by atoms with Crippen molar-refractivity contribution in [1.82, 2.24) is 15.2 Å². The number of halogens is 3. The lowest BCUT2D eigenvalue weighted by molar-refractivity contribution is -0.189. The van der Waals surface area contributed by atoms with Gasteiger partial charge < -0.3 is 14.1 Å². The van der Waals surface area contributed by atoms with Crippen LogP contribution in [0.5, 0.6) is 5.75 Å². The van der Waals surface area contributed by atoms with Crippen LogP contribution in [0, 0.1) is 0 Å². The Morgan fingerprint density at radius 1 is 1.10 bits per heavy atom. The molecule has 7 nitrogen and oxygen atoms in total. The van der Waals surface area contributed by atoms with Gasteiger partial charge in [0.1, 0.15) is 0 Å². The number of aromatic nitrogens is 3. The number of ether oxygens (including phenoxy) is 1. The molecule has 0 saturated carbocycles. The molecule has 0 spiro atoms. The summed E-state index contributed by atoms with van der Waals surface area (Å²) in [5, 5.41) is 7.85. The van der Waals surface area contributed by atoms with Crippen molar-refractivity contribution < 1.29 is 27.1 Å². The zero-order valence-electron chi connectivity index (χ0n) is 15.6. The Bertz CT molecular complexity index is 986. The smallest absolute Gasteiger partial charge is 0.418 e. The normalized spacial score (nSPS) is 11.3. The molecule has 0 fully saturated rings. The molecule has 0 amide bonds. The van der Waals surface area contributed by atoms with Gasteiger partial charge in [0, 0.05) is 31.0 Å². The van der Waals surface area contributed by atoms with E-state index in [4.69, 9.17) is 4.42 Å². The van der Waals surface area contributed by atoms with E-state index in [9.17, 15) is 18.0 Å². The summed E-state index contributed by atoms with van der Waals surface area (Å²) in [7, 11) is 0. The quantitative estimate of drug-likeness (QED) is 0.450. The molecule has 29 heavy (non-hydrogen) atoms. The first-order chi connectivity index (χ1) is 13.8. The lowest BCUT2D eigenvalue weighted by Crippen LogP contribution is -2.29. The van der Waals surface area contributed by atoms with E-state index < -0.39 is 12.1 Å². The maximum Gasteiger partial charge on any atom is 0.491 e. The molecule has 0 atom stereocenters. The van der Waals surface area contributed by atoms with Crippen molar-refractivity contribution >= 4 is 11.7 Å². The highest BCUT2D eigenvalue weighted by Crippen LogP contribution is 2.35. The molecular weight excluding hydrogens is 389 g/mol. The number of carbonyl (C=O) groups is 1. The van der Waals surface area contributed by atoms with Crippen molar-refractivity contribution in [3.05, 3.63) is 42.7 Å². The molecule has 1 aromatic carbocycles. The van der Waals surface area contributed by atoms with E-state index in [1.807, 2.05) is 13.8 Å². The van der Waals surface area contributed by atoms with Gasteiger partial charge in [0.2, 0.25) is 11.8 Å². The fourth-order valence-electron chi connectivity index (χ4n) is 2.66. The molecular formula is C19H17F3N4O3. The van der Waals surface area contributed by atoms with E-state index in [0.29, 0.717) is 29.9 Å². The predicted octanol–water partition coefficient (Wildman–Crippen LogP) is 4.11. The summed E-state index contributed by atoms with van der Waals surface area (Å²) in [5.74, 6) is -2.27. The lowest BCUT2D eigenvalue weighted by atomic mass is 10.1. The third kappa shape index (κ3) is 4.53. The molecule has 3 aromatic rings. The predicted molar refractivity (Wildman–Crippen MR) is 98.2 cm³/mol. The summed E-state index contributed by atoms with van der Waals surface area (Å²) >= 11 is 0. The second-order valence-corrected chi connectivity index (χ2v) is 5.90. The Morgan fingerprint density at radius 3 is 2.38 bits per heavy atom. The maximum absolute atomic E-state index is 12.7. The van der Waals surface area contributed by atoms with Gasteiger partial charge in [-0.2, -0.15) is 13.2 Å². The first-order valence-corrected chi connectivity index (χ1v) is 8.75. The number of pyridine rings is 1. The van der Waals surface area contributed by atoms with Crippen LogP contribution in [0.2, 0.25) is 0 Å². The first kappa shape index (κ1) is 20.3. The molecule has 0 bridgehead atoms. The Kier molecular flexibility index (Phi) is 5.81. The number of benzene rings is 1. The van der Waals surface area contributed by atoms with Crippen LogP contribution in [0.15, 0.2) is 47.1 Å². The topological polar surface area (TPSA) is 81.3 Å². The minimum absolute atomic E-state index is 0.0688. The number of esters is 1. The molecule has 0 aliphatic carbocycles. The molecule has 0 N–H and O–H groups in total. The Hall–Kier alpha value is -3.43. The summed E-state index contributed by atoms with van der Waals surface area (Å²) in [4.78, 5) is 17.1. The fourth-order valence-corrected chi connectivity index (χ4v) is 2.66. The van der Waals surface area contributed by atoms with E-state index in [-0.39, 0.29) is 17.5 Å². The van der Waals surface area contributed by atoms with Crippen LogP contribution in [0.4, 0.5) is 18.9 Å². The number of alkyl halides is 3. The highest BCUT2D eigenvalue weighted by atomic mass is 19.4. The van der Waals surface area contributed by atoms with Crippen LogP contribution < -0.4 is 9.64 Å². The highest BCUT2D eigenvalue weighted by Gasteiger charge is 2.42. The largest absolute Gasteiger partial charge is 0.491 e. The van der Waals surface area contributed by atoms with E-state index in [0.717, 1.165) is 0 Å². The zero-order valence-corrected chi connectivity index (χ0v) is 15.6. The number of carbonyl (C=O) groups excluding carboxylic acids is 1. The van der Waals surface area contributed by atoms with E-state index in [1.165, 1.54) is 12.3 Å². The van der Waals surface area contributed by atoms with Gasteiger partial charge in [0.15, 0.2) is 5.75 Å². The monoisotopic (exact) mass is 406 g/mol. The Morgan fingerprint density at radius 2 is 1.79 bits per heavy atom. The average molecular weight is 406 g/mol. The number of hydrogen-bond acceptors (Lipinski definition) is 7. The molecule has 0 unspecified atom stereocenters. The van der Waals surface area contributed by atoms with Crippen molar-refractivity contribution in [2.45, 2.75) is 20.0 Å². The molecule has 3 rings (SSSR count). The second-order valence-electron chi connectivity index (χ2n) is 5.90. The van der Waals surface area contributed by atoms with Gasteiger partial charge in [-0.1, -0.05) is 0 Å². The Labute approximate surface area is 164 Å². The van der Waals surface area contributed by atoms with Crippen LogP contribution in [0.3, 0.4) is 0 Å². The molecule has 10 heteroatoms. The van der Waals surface area contributed by atoms with Crippen molar-refractivity contribution in [3.63, 3.8) is 0 Å². The number of hydrogen-bond donors (Lipinski definition) is 0. The van der Waals surface area contributed by atoms with Gasteiger partial charge in [0.25, 0.3) is 0 Å². The molecule has 2 aromatic heterocycles. The SMILES string of the molecule is CCN(CC)c1ccc(-c2nnc(-c3cccnc3)o2)cc1OC(=O)C(F)(F)F. The van der Waals surface area contributed by atoms with Gasteiger partial charge in [-0.3, -0.25) is 4.98 Å². The second kappa shape index (κ2) is 8.29. The molecule has 0 aliphatic rings. The molecule has 0 saturated heterocycles. The minimum atomic E-state index is -5.12. The van der Waals surface area contributed by atoms with Crippen LogP contribution in [0.25, 0.3) is 22.9 Å². The summed E-state index contributed by atoms with van der Waals surface area (Å²) in [6.07, 6.45) is -1.99. The highest BCUT2D eigenvalue weighted by molar-refractivity contribution is 5.81. The van der Waals surface area contributed by atoms with Gasteiger partial charge in [-0.25, -0.2) is 4.79 Å². The van der Waals surface area contributed by atoms with Crippen molar-refractivity contribution in [1.29, 1.82) is 0 Å². The molecule has 152 valence electrons. The summed E-state index contributed by atoms with van der Waals surface area (Å²) in [5.41, 5.74) is 1.26. The molecule has 0 aliphatic heterocycles. The first-order valence-electron chi connectivity index (χ1n) is 8.75. The van der Waals surface area contributed by atoms with Crippen LogP contribution >= 0.6 is 0 Å². The van der Waals surface area contributed by atoms with Gasteiger partial charge in [-0.05, 0) is 44.2 Å². The summed E-state index contributed by atoms with van der Waals surface area (Å²) in [6.45, 7) is 4.70. The van der Waals surface area contributed by atoms with E-state index in [1.54, 1.807) is 35.4 Å². The lowest BCUT2D eigenvalue weighted by Gasteiger charge is -2.24. The van der Waals surface area contributed by atoms with Crippen molar-refractivity contribution in [2.24, 2.45) is 0 Å². The fraction of sp³-hybridized carbons (Fsp3) is 0.263. The standard InChI is InChI=1S/C19H17F3N4O3/c1-3-26(4-2)14-8-7-12(10-15(14)28-18(27)19(20,21)22)16-24-25-17(29-16)13-6-5-9-23-11-13/h5-11H,3-4H2,1-2H3. The number of rotatable bonds is 6. The van der Waals surface area contributed by atoms with Crippen LogP contribution in [-0.4, -0.2) is 40.4 Å². The van der Waals surface area contributed by atoms with E-state index in [2.05, 4.69) is 19.9 Å². The zero-order chi connectivity index (χ0) is 21.0. The number of nitrogens with zero attached hydrogens (tertiary/aromatic N) is 4. The van der Waals surface area contributed by atoms with Crippen molar-refractivity contribution in [3.8, 4) is 28.7 Å². The van der Waals surface area contributed by atoms with E-state index >= 15 is 0 Å². The number of anilines is 1. The van der Waals surface area contributed by atoms with Crippen LogP contribution in [0.1, 0.15) is 13.8 Å². The summed E-state index contributed by atoms with van der Waals surface area (Å²) < 4.78 is 48.4.